The molecule has 2 N–H and O–H groups in total. The highest BCUT2D eigenvalue weighted by molar-refractivity contribution is 5.81. The number of fused-ring (bicyclic) bond motifs is 1. The highest BCUT2D eigenvalue weighted by Crippen LogP contribution is 2.16. The number of aryl methyl sites for hydroxylation is 1. The molecule has 6 nitrogen and oxygen atoms in total. The second-order valence-electron chi connectivity index (χ2n) is 6.01. The first-order valence-electron chi connectivity index (χ1n) is 8.04. The summed E-state index contributed by atoms with van der Waals surface area (Å²) in [5.41, 5.74) is 1.50. The van der Waals surface area contributed by atoms with E-state index in [2.05, 4.69) is 10.3 Å². The molecule has 128 valence electrons. The van der Waals surface area contributed by atoms with Gasteiger partial charge in [-0.25, -0.2) is 4.79 Å². The first-order chi connectivity index (χ1) is 12.0. The number of aromatic nitrogens is 2. The van der Waals surface area contributed by atoms with Gasteiger partial charge in [-0.3, -0.25) is 19.1 Å². The Balaban J connectivity index is 1.87. The first-order valence-corrected chi connectivity index (χ1v) is 8.04. The summed E-state index contributed by atoms with van der Waals surface area (Å²) in [6, 6.07) is 14.4. The molecule has 2 aromatic carbocycles. The van der Waals surface area contributed by atoms with Gasteiger partial charge in [-0.1, -0.05) is 36.4 Å². The van der Waals surface area contributed by atoms with Crippen molar-refractivity contribution in [3.8, 4) is 0 Å². The van der Waals surface area contributed by atoms with Gasteiger partial charge in [-0.15, -0.1) is 0 Å². The van der Waals surface area contributed by atoms with E-state index in [1.54, 1.807) is 24.3 Å². The van der Waals surface area contributed by atoms with Crippen molar-refractivity contribution < 1.29 is 4.79 Å². The van der Waals surface area contributed by atoms with E-state index in [-0.39, 0.29) is 18.5 Å². The van der Waals surface area contributed by atoms with E-state index in [1.165, 1.54) is 4.57 Å². The lowest BCUT2D eigenvalue weighted by atomic mass is 10.0. The molecule has 0 radical (unpaired) electrons. The monoisotopic (exact) mass is 337 g/mol. The molecule has 0 saturated carbocycles. The summed E-state index contributed by atoms with van der Waals surface area (Å²) in [6.45, 7) is 3.72. The summed E-state index contributed by atoms with van der Waals surface area (Å²) in [7, 11) is 0. The molecule has 3 aromatic rings. The molecule has 1 atom stereocenters. The number of carbonyl (C=O) groups excluding carboxylic acids is 1. The quantitative estimate of drug-likeness (QED) is 0.762. The van der Waals surface area contributed by atoms with Crippen LogP contribution in [0.3, 0.4) is 0 Å². The standard InChI is InChI=1S/C19H19N3O3/c1-12-7-3-4-8-14(12)13(2)20-17(23)11-22-16-10-6-5-9-15(16)18(24)21-19(22)25/h3-10,13H,11H2,1-2H3,(H,20,23)(H,21,24,25)/t13-/m1/s1. The SMILES string of the molecule is Cc1ccccc1[C@@H](C)NC(=O)Cn1c(=O)[nH]c(=O)c2ccccc21. The summed E-state index contributed by atoms with van der Waals surface area (Å²) in [5.74, 6) is -0.296. The molecule has 0 unspecified atom stereocenters. The Morgan fingerprint density at radius 3 is 2.56 bits per heavy atom. The van der Waals surface area contributed by atoms with Crippen molar-refractivity contribution in [1.29, 1.82) is 0 Å². The van der Waals surface area contributed by atoms with Crippen molar-refractivity contribution in [3.63, 3.8) is 0 Å². The largest absolute Gasteiger partial charge is 0.348 e. The summed E-state index contributed by atoms with van der Waals surface area (Å²) in [4.78, 5) is 38.7. The van der Waals surface area contributed by atoms with E-state index >= 15 is 0 Å². The van der Waals surface area contributed by atoms with Gasteiger partial charge in [-0.2, -0.15) is 0 Å². The molecule has 0 aliphatic carbocycles. The van der Waals surface area contributed by atoms with Crippen LogP contribution in [0.25, 0.3) is 10.9 Å². The minimum absolute atomic E-state index is 0.160. The molecule has 0 spiro atoms. The summed E-state index contributed by atoms with van der Waals surface area (Å²) in [5, 5.41) is 3.28. The Morgan fingerprint density at radius 2 is 1.80 bits per heavy atom. The third-order valence-electron chi connectivity index (χ3n) is 4.24. The number of para-hydroxylation sites is 1. The Kier molecular flexibility index (Phi) is 4.52. The average Bonchev–Trinajstić information content (AvgIpc) is 2.59. The molecule has 6 heteroatoms. The molecule has 0 saturated heterocycles. The zero-order valence-electron chi connectivity index (χ0n) is 14.1. The highest BCUT2D eigenvalue weighted by atomic mass is 16.2. The van der Waals surface area contributed by atoms with Crippen LogP contribution in [0.4, 0.5) is 0 Å². The molecular formula is C19H19N3O3. The van der Waals surface area contributed by atoms with Crippen LogP contribution in [0.2, 0.25) is 0 Å². The van der Waals surface area contributed by atoms with Gasteiger partial charge >= 0.3 is 5.69 Å². The van der Waals surface area contributed by atoms with Crippen molar-refractivity contribution in [1.82, 2.24) is 14.9 Å². The molecule has 0 fully saturated rings. The Morgan fingerprint density at radius 1 is 1.12 bits per heavy atom. The highest BCUT2D eigenvalue weighted by Gasteiger charge is 2.14. The van der Waals surface area contributed by atoms with E-state index in [9.17, 15) is 14.4 Å². The smallest absolute Gasteiger partial charge is 0.329 e. The number of benzene rings is 2. The average molecular weight is 337 g/mol. The van der Waals surface area contributed by atoms with E-state index in [1.807, 2.05) is 38.1 Å². The summed E-state index contributed by atoms with van der Waals surface area (Å²) in [6.07, 6.45) is 0. The fourth-order valence-corrected chi connectivity index (χ4v) is 2.98. The first kappa shape index (κ1) is 16.7. The molecule has 1 heterocycles. The molecule has 3 rings (SSSR count). The maximum Gasteiger partial charge on any atom is 0.329 e. The van der Waals surface area contributed by atoms with Crippen LogP contribution in [0.5, 0.6) is 0 Å². The predicted octanol–water partition coefficient (Wildman–Crippen LogP) is 1.88. The predicted molar refractivity (Wildman–Crippen MR) is 96.6 cm³/mol. The zero-order valence-corrected chi connectivity index (χ0v) is 14.1. The summed E-state index contributed by atoms with van der Waals surface area (Å²) >= 11 is 0. The number of rotatable bonds is 4. The van der Waals surface area contributed by atoms with Gasteiger partial charge in [-0.05, 0) is 37.1 Å². The minimum Gasteiger partial charge on any atom is -0.348 e. The van der Waals surface area contributed by atoms with Crippen molar-refractivity contribution in [2.75, 3.05) is 0 Å². The van der Waals surface area contributed by atoms with Gasteiger partial charge in [0.1, 0.15) is 6.54 Å². The Hall–Kier alpha value is -3.15. The van der Waals surface area contributed by atoms with Crippen molar-refractivity contribution in [2.24, 2.45) is 0 Å². The van der Waals surface area contributed by atoms with Crippen LogP contribution in [-0.2, 0) is 11.3 Å². The van der Waals surface area contributed by atoms with Crippen LogP contribution in [0, 0.1) is 6.92 Å². The van der Waals surface area contributed by atoms with Gasteiger partial charge in [0, 0.05) is 0 Å². The van der Waals surface area contributed by atoms with Gasteiger partial charge in [0.15, 0.2) is 0 Å². The second-order valence-corrected chi connectivity index (χ2v) is 6.01. The van der Waals surface area contributed by atoms with E-state index in [0.29, 0.717) is 10.9 Å². The lowest BCUT2D eigenvalue weighted by Gasteiger charge is -2.17. The third kappa shape index (κ3) is 3.38. The normalized spacial score (nSPS) is 12.1. The summed E-state index contributed by atoms with van der Waals surface area (Å²) < 4.78 is 1.27. The van der Waals surface area contributed by atoms with Gasteiger partial charge < -0.3 is 5.32 Å². The van der Waals surface area contributed by atoms with Crippen molar-refractivity contribution in [3.05, 3.63) is 80.5 Å². The fraction of sp³-hybridized carbons (Fsp3) is 0.211. The minimum atomic E-state index is -0.595. The molecular weight excluding hydrogens is 318 g/mol. The third-order valence-corrected chi connectivity index (χ3v) is 4.24. The molecule has 0 aliphatic rings. The maximum atomic E-state index is 12.4. The number of carbonyl (C=O) groups is 1. The maximum absolute atomic E-state index is 12.4. The number of nitrogens with zero attached hydrogens (tertiary/aromatic N) is 1. The lowest BCUT2D eigenvalue weighted by molar-refractivity contribution is -0.122. The van der Waals surface area contributed by atoms with Gasteiger partial charge in [0.2, 0.25) is 5.91 Å². The Bertz CT molecular complexity index is 1050. The topological polar surface area (TPSA) is 84.0 Å². The van der Waals surface area contributed by atoms with Gasteiger partial charge in [0.05, 0.1) is 16.9 Å². The van der Waals surface area contributed by atoms with Gasteiger partial charge in [0.25, 0.3) is 5.56 Å². The van der Waals surface area contributed by atoms with E-state index in [4.69, 9.17) is 0 Å². The van der Waals surface area contributed by atoms with Crippen LogP contribution in [0.1, 0.15) is 24.1 Å². The fourth-order valence-electron chi connectivity index (χ4n) is 2.98. The molecule has 1 amide bonds. The number of hydrogen-bond acceptors (Lipinski definition) is 3. The number of aromatic amines is 1. The zero-order chi connectivity index (χ0) is 18.0. The van der Waals surface area contributed by atoms with E-state index in [0.717, 1.165) is 11.1 Å². The lowest BCUT2D eigenvalue weighted by Crippen LogP contribution is -2.37. The number of H-pyrrole nitrogens is 1. The van der Waals surface area contributed by atoms with Crippen molar-refractivity contribution >= 4 is 16.8 Å². The molecule has 0 aliphatic heterocycles. The van der Waals surface area contributed by atoms with E-state index < -0.39 is 11.2 Å². The number of hydrogen-bond donors (Lipinski definition) is 2. The van der Waals surface area contributed by atoms with Crippen LogP contribution in [0.15, 0.2) is 58.1 Å². The second kappa shape index (κ2) is 6.76. The number of nitrogens with one attached hydrogen (secondary N) is 2. The van der Waals surface area contributed by atoms with Crippen LogP contribution < -0.4 is 16.6 Å². The number of amides is 1. The van der Waals surface area contributed by atoms with Crippen LogP contribution in [-0.4, -0.2) is 15.5 Å². The van der Waals surface area contributed by atoms with Crippen molar-refractivity contribution in [2.45, 2.75) is 26.4 Å². The van der Waals surface area contributed by atoms with Crippen LogP contribution >= 0.6 is 0 Å². The Labute approximate surface area is 144 Å². The molecule has 0 bridgehead atoms. The molecule has 1 aromatic heterocycles. The molecule has 25 heavy (non-hydrogen) atoms.